The summed E-state index contributed by atoms with van der Waals surface area (Å²) in [6.45, 7) is 1.38. The number of benzene rings is 1. The second-order valence-corrected chi connectivity index (χ2v) is 5.92. The molecule has 0 bridgehead atoms. The average Bonchev–Trinajstić information content (AvgIpc) is 2.46. The molecule has 5 nitrogen and oxygen atoms in total. The van der Waals surface area contributed by atoms with E-state index in [0.29, 0.717) is 18.5 Å². The molecule has 1 aromatic rings. The highest BCUT2D eigenvalue weighted by molar-refractivity contribution is 7.99. The zero-order valence-corrected chi connectivity index (χ0v) is 12.0. The van der Waals surface area contributed by atoms with E-state index in [1.54, 1.807) is 18.2 Å². The fourth-order valence-corrected chi connectivity index (χ4v) is 3.03. The Bertz CT molecular complexity index is 487. The first-order valence-electron chi connectivity index (χ1n) is 6.62. The van der Waals surface area contributed by atoms with Gasteiger partial charge in [0, 0.05) is 42.6 Å². The van der Waals surface area contributed by atoms with Crippen molar-refractivity contribution in [3.8, 4) is 0 Å². The molecule has 1 aliphatic rings. The number of nitrogens with two attached hydrogens (primary N) is 1. The van der Waals surface area contributed by atoms with Crippen LogP contribution in [0.2, 0.25) is 0 Å². The highest BCUT2D eigenvalue weighted by Crippen LogP contribution is 2.10. The Balaban J connectivity index is 1.80. The lowest BCUT2D eigenvalue weighted by molar-refractivity contribution is -0.121. The summed E-state index contributed by atoms with van der Waals surface area (Å²) in [6, 6.07) is 7.25. The van der Waals surface area contributed by atoms with Crippen LogP contribution in [0.25, 0.3) is 0 Å². The number of amides is 2. The molecule has 0 spiro atoms. The molecule has 0 aromatic heterocycles. The summed E-state index contributed by atoms with van der Waals surface area (Å²) < 4.78 is 0. The Morgan fingerprint density at radius 1 is 1.45 bits per heavy atom. The van der Waals surface area contributed by atoms with Gasteiger partial charge in [0.05, 0.1) is 0 Å². The maximum absolute atomic E-state index is 11.9. The van der Waals surface area contributed by atoms with Crippen molar-refractivity contribution >= 4 is 23.6 Å². The Morgan fingerprint density at radius 3 is 3.00 bits per heavy atom. The molecule has 2 rings (SSSR count). The van der Waals surface area contributed by atoms with Gasteiger partial charge in [0.2, 0.25) is 11.8 Å². The quantitative estimate of drug-likeness (QED) is 0.738. The van der Waals surface area contributed by atoms with Crippen molar-refractivity contribution < 1.29 is 9.59 Å². The lowest BCUT2D eigenvalue weighted by Gasteiger charge is -2.22. The summed E-state index contributed by atoms with van der Waals surface area (Å²) in [5.74, 6) is 1.65. The fraction of sp³-hybridized carbons (Fsp3) is 0.429. The number of primary amides is 1. The number of hydrogen-bond donors (Lipinski definition) is 3. The van der Waals surface area contributed by atoms with E-state index in [1.807, 2.05) is 17.8 Å². The van der Waals surface area contributed by atoms with E-state index in [9.17, 15) is 9.59 Å². The highest BCUT2D eigenvalue weighted by atomic mass is 32.2. The zero-order valence-electron chi connectivity index (χ0n) is 11.2. The number of carbonyl (C=O) groups excluding carboxylic acids is 2. The van der Waals surface area contributed by atoms with Crippen molar-refractivity contribution in [2.24, 2.45) is 5.73 Å². The van der Waals surface area contributed by atoms with Crippen molar-refractivity contribution in [1.29, 1.82) is 0 Å². The van der Waals surface area contributed by atoms with Crippen molar-refractivity contribution in [3.05, 3.63) is 35.4 Å². The molecule has 4 N–H and O–H groups in total. The lowest BCUT2D eigenvalue weighted by atomic mass is 10.1. The number of hydrogen-bond acceptors (Lipinski definition) is 4. The molecule has 0 saturated carbocycles. The zero-order chi connectivity index (χ0) is 14.4. The van der Waals surface area contributed by atoms with E-state index in [4.69, 9.17) is 5.73 Å². The van der Waals surface area contributed by atoms with Crippen LogP contribution in [0.15, 0.2) is 24.3 Å². The van der Waals surface area contributed by atoms with Gasteiger partial charge in [0.25, 0.3) is 0 Å². The minimum atomic E-state index is -0.457. The molecular formula is C14H19N3O2S. The molecule has 1 saturated heterocycles. The second kappa shape index (κ2) is 7.31. The van der Waals surface area contributed by atoms with Gasteiger partial charge in [0.1, 0.15) is 0 Å². The van der Waals surface area contributed by atoms with Gasteiger partial charge in [-0.05, 0) is 17.7 Å². The normalized spacial score (nSPS) is 18.5. The fourth-order valence-electron chi connectivity index (χ4n) is 2.08. The first kappa shape index (κ1) is 14.9. The van der Waals surface area contributed by atoms with Crippen LogP contribution in [-0.2, 0) is 11.3 Å². The Hall–Kier alpha value is -1.53. The van der Waals surface area contributed by atoms with E-state index in [2.05, 4.69) is 10.6 Å². The Morgan fingerprint density at radius 2 is 2.30 bits per heavy atom. The van der Waals surface area contributed by atoms with Crippen LogP contribution < -0.4 is 16.4 Å². The minimum Gasteiger partial charge on any atom is -0.366 e. The van der Waals surface area contributed by atoms with Crippen LogP contribution >= 0.6 is 11.8 Å². The summed E-state index contributed by atoms with van der Waals surface area (Å²) >= 11 is 1.87. The van der Waals surface area contributed by atoms with Gasteiger partial charge in [-0.2, -0.15) is 11.8 Å². The molecule has 1 unspecified atom stereocenters. The van der Waals surface area contributed by atoms with E-state index in [0.717, 1.165) is 23.6 Å². The lowest BCUT2D eigenvalue weighted by Crippen LogP contribution is -2.41. The predicted octanol–water partition coefficient (Wildman–Crippen LogP) is 0.497. The maximum Gasteiger partial charge on any atom is 0.248 e. The topological polar surface area (TPSA) is 84.2 Å². The van der Waals surface area contributed by atoms with Crippen LogP contribution in [0.3, 0.4) is 0 Å². The third-order valence-corrected chi connectivity index (χ3v) is 4.26. The molecule has 2 amide bonds. The summed E-state index contributed by atoms with van der Waals surface area (Å²) in [5, 5.41) is 6.20. The standard InChI is InChI=1S/C14H19N3O2S/c15-14(19)11-3-1-2-10(6-11)8-17-13(18)7-12-9-20-5-4-16-12/h1-3,6,12,16H,4-5,7-9H2,(H2,15,19)(H,17,18). The smallest absolute Gasteiger partial charge is 0.248 e. The molecule has 0 aliphatic carbocycles. The van der Waals surface area contributed by atoms with E-state index in [-0.39, 0.29) is 11.9 Å². The first-order chi connectivity index (χ1) is 9.65. The third kappa shape index (κ3) is 4.54. The van der Waals surface area contributed by atoms with Crippen molar-refractivity contribution in [2.45, 2.75) is 19.0 Å². The maximum atomic E-state index is 11.9. The van der Waals surface area contributed by atoms with Gasteiger partial charge in [-0.15, -0.1) is 0 Å². The molecular weight excluding hydrogens is 274 g/mol. The minimum absolute atomic E-state index is 0.0227. The second-order valence-electron chi connectivity index (χ2n) is 4.77. The van der Waals surface area contributed by atoms with Gasteiger partial charge >= 0.3 is 0 Å². The summed E-state index contributed by atoms with van der Waals surface area (Å²) in [4.78, 5) is 22.9. The monoisotopic (exact) mass is 293 g/mol. The summed E-state index contributed by atoms with van der Waals surface area (Å²) in [6.07, 6.45) is 0.489. The first-order valence-corrected chi connectivity index (χ1v) is 7.77. The molecule has 108 valence electrons. The number of carbonyl (C=O) groups is 2. The van der Waals surface area contributed by atoms with Crippen molar-refractivity contribution in [1.82, 2.24) is 10.6 Å². The van der Waals surface area contributed by atoms with E-state index in [1.165, 1.54) is 0 Å². The van der Waals surface area contributed by atoms with Crippen LogP contribution in [0.4, 0.5) is 0 Å². The van der Waals surface area contributed by atoms with Crippen LogP contribution in [0.1, 0.15) is 22.3 Å². The highest BCUT2D eigenvalue weighted by Gasteiger charge is 2.16. The van der Waals surface area contributed by atoms with E-state index >= 15 is 0 Å². The molecule has 1 aromatic carbocycles. The third-order valence-electron chi connectivity index (χ3n) is 3.13. The Labute approximate surface area is 122 Å². The largest absolute Gasteiger partial charge is 0.366 e. The van der Waals surface area contributed by atoms with Crippen LogP contribution in [0, 0.1) is 0 Å². The number of rotatable bonds is 5. The molecule has 1 aliphatic heterocycles. The van der Waals surface area contributed by atoms with Crippen molar-refractivity contribution in [2.75, 3.05) is 18.1 Å². The van der Waals surface area contributed by atoms with Gasteiger partial charge in [0.15, 0.2) is 0 Å². The average molecular weight is 293 g/mol. The molecule has 0 radical (unpaired) electrons. The summed E-state index contributed by atoms with van der Waals surface area (Å²) in [7, 11) is 0. The Kier molecular flexibility index (Phi) is 5.43. The molecule has 1 atom stereocenters. The summed E-state index contributed by atoms with van der Waals surface area (Å²) in [5.41, 5.74) is 6.56. The van der Waals surface area contributed by atoms with Gasteiger partial charge in [-0.1, -0.05) is 12.1 Å². The SMILES string of the molecule is NC(=O)c1cccc(CNC(=O)CC2CSCCN2)c1. The molecule has 1 fully saturated rings. The van der Waals surface area contributed by atoms with Gasteiger partial charge in [-0.3, -0.25) is 9.59 Å². The van der Waals surface area contributed by atoms with Crippen LogP contribution in [0.5, 0.6) is 0 Å². The van der Waals surface area contributed by atoms with Crippen LogP contribution in [-0.4, -0.2) is 35.9 Å². The van der Waals surface area contributed by atoms with E-state index < -0.39 is 5.91 Å². The van der Waals surface area contributed by atoms with Gasteiger partial charge < -0.3 is 16.4 Å². The van der Waals surface area contributed by atoms with Crippen molar-refractivity contribution in [3.63, 3.8) is 0 Å². The molecule has 20 heavy (non-hydrogen) atoms. The number of nitrogens with one attached hydrogen (secondary N) is 2. The molecule has 1 heterocycles. The predicted molar refractivity (Wildman–Crippen MR) is 80.5 cm³/mol. The number of thioether (sulfide) groups is 1. The molecule has 6 heteroatoms. The van der Waals surface area contributed by atoms with Gasteiger partial charge in [-0.25, -0.2) is 0 Å².